The van der Waals surface area contributed by atoms with Crippen molar-refractivity contribution in [2.75, 3.05) is 24.2 Å². The monoisotopic (exact) mass is 280 g/mol. The fraction of sp³-hybridized carbons (Fsp3) is 0.462. The molecule has 0 aliphatic heterocycles. The highest BCUT2D eigenvalue weighted by atomic mass is 16.6. The average molecular weight is 280 g/mol. The van der Waals surface area contributed by atoms with Crippen LogP contribution in [-0.4, -0.2) is 30.5 Å². The van der Waals surface area contributed by atoms with Crippen LogP contribution in [0, 0.1) is 10.1 Å². The third-order valence-corrected chi connectivity index (χ3v) is 2.74. The van der Waals surface area contributed by atoms with Crippen LogP contribution in [0.15, 0.2) is 18.2 Å². The SMILES string of the molecule is CCCNC(=O)C(C)Nc1cc(NC)cc([N+](=O)[O-])c1. The molecule has 0 heterocycles. The molecule has 0 fully saturated rings. The fourth-order valence-corrected chi connectivity index (χ4v) is 1.66. The number of non-ortho nitro benzene ring substituents is 1. The molecule has 0 aliphatic carbocycles. The van der Waals surface area contributed by atoms with Gasteiger partial charge in [-0.2, -0.15) is 0 Å². The highest BCUT2D eigenvalue weighted by Gasteiger charge is 2.14. The molecule has 7 nitrogen and oxygen atoms in total. The summed E-state index contributed by atoms with van der Waals surface area (Å²) in [5, 5.41) is 19.4. The van der Waals surface area contributed by atoms with Crippen LogP contribution in [0.2, 0.25) is 0 Å². The minimum Gasteiger partial charge on any atom is -0.388 e. The maximum Gasteiger partial charge on any atom is 0.273 e. The lowest BCUT2D eigenvalue weighted by atomic mass is 10.2. The maximum atomic E-state index is 11.8. The van der Waals surface area contributed by atoms with Crippen molar-refractivity contribution in [2.45, 2.75) is 26.3 Å². The number of nitrogens with one attached hydrogen (secondary N) is 3. The van der Waals surface area contributed by atoms with E-state index in [1.807, 2.05) is 6.92 Å². The Morgan fingerprint density at radius 2 is 2.00 bits per heavy atom. The molecule has 0 saturated heterocycles. The Balaban J connectivity index is 2.83. The molecule has 0 bridgehead atoms. The van der Waals surface area contributed by atoms with Crippen LogP contribution in [0.5, 0.6) is 0 Å². The number of anilines is 2. The number of nitrogens with zero attached hydrogens (tertiary/aromatic N) is 1. The smallest absolute Gasteiger partial charge is 0.273 e. The number of rotatable bonds is 7. The number of hydrogen-bond donors (Lipinski definition) is 3. The summed E-state index contributed by atoms with van der Waals surface area (Å²) < 4.78 is 0. The van der Waals surface area contributed by atoms with Gasteiger partial charge in [0, 0.05) is 37.1 Å². The summed E-state index contributed by atoms with van der Waals surface area (Å²) in [6.07, 6.45) is 0.860. The summed E-state index contributed by atoms with van der Waals surface area (Å²) in [7, 11) is 1.68. The first-order valence-electron chi connectivity index (χ1n) is 6.49. The Hall–Kier alpha value is -2.31. The Morgan fingerprint density at radius 3 is 2.55 bits per heavy atom. The molecule has 0 aromatic heterocycles. The van der Waals surface area contributed by atoms with Crippen LogP contribution >= 0.6 is 0 Å². The first kappa shape index (κ1) is 15.7. The van der Waals surface area contributed by atoms with Crippen molar-refractivity contribution in [3.05, 3.63) is 28.3 Å². The van der Waals surface area contributed by atoms with Gasteiger partial charge in [-0.25, -0.2) is 0 Å². The van der Waals surface area contributed by atoms with Crippen LogP contribution in [0.3, 0.4) is 0 Å². The van der Waals surface area contributed by atoms with Gasteiger partial charge in [0.2, 0.25) is 5.91 Å². The third kappa shape index (κ3) is 4.42. The van der Waals surface area contributed by atoms with Gasteiger partial charge in [0.1, 0.15) is 6.04 Å². The van der Waals surface area contributed by atoms with Gasteiger partial charge >= 0.3 is 0 Å². The van der Waals surface area contributed by atoms with Crippen LogP contribution < -0.4 is 16.0 Å². The zero-order valence-corrected chi connectivity index (χ0v) is 11.9. The topological polar surface area (TPSA) is 96.3 Å². The summed E-state index contributed by atoms with van der Waals surface area (Å²) in [5.74, 6) is -0.135. The second-order valence-electron chi connectivity index (χ2n) is 4.43. The second-order valence-corrected chi connectivity index (χ2v) is 4.43. The van der Waals surface area contributed by atoms with E-state index in [0.29, 0.717) is 17.9 Å². The molecule has 1 rings (SSSR count). The van der Waals surface area contributed by atoms with Crippen molar-refractivity contribution < 1.29 is 9.72 Å². The van der Waals surface area contributed by atoms with Crippen molar-refractivity contribution in [3.8, 4) is 0 Å². The van der Waals surface area contributed by atoms with Gasteiger partial charge in [0.25, 0.3) is 5.69 Å². The van der Waals surface area contributed by atoms with E-state index in [1.54, 1.807) is 20.0 Å². The summed E-state index contributed by atoms with van der Waals surface area (Å²) in [4.78, 5) is 22.1. The Bertz CT molecular complexity index is 491. The quantitative estimate of drug-likeness (QED) is 0.524. The molecule has 1 unspecified atom stereocenters. The first-order chi connectivity index (χ1) is 9.47. The molecule has 0 radical (unpaired) electrons. The Labute approximate surface area is 117 Å². The van der Waals surface area contributed by atoms with E-state index in [9.17, 15) is 14.9 Å². The van der Waals surface area contributed by atoms with E-state index in [1.165, 1.54) is 12.1 Å². The number of nitro benzene ring substituents is 1. The van der Waals surface area contributed by atoms with Gasteiger partial charge in [-0.1, -0.05) is 6.92 Å². The molecular weight excluding hydrogens is 260 g/mol. The van der Waals surface area contributed by atoms with E-state index >= 15 is 0 Å². The van der Waals surface area contributed by atoms with Crippen molar-refractivity contribution in [1.82, 2.24) is 5.32 Å². The summed E-state index contributed by atoms with van der Waals surface area (Å²) in [6, 6.07) is 4.10. The van der Waals surface area contributed by atoms with Crippen LogP contribution in [0.1, 0.15) is 20.3 Å². The standard InChI is InChI=1S/C13H20N4O3/c1-4-5-15-13(18)9(2)16-11-6-10(14-3)7-12(8-11)17(19)20/h6-9,14,16H,4-5H2,1-3H3,(H,15,18). The Morgan fingerprint density at radius 1 is 1.35 bits per heavy atom. The number of nitro groups is 1. The molecule has 0 saturated carbocycles. The number of carbonyl (C=O) groups excluding carboxylic acids is 1. The van der Waals surface area contributed by atoms with E-state index in [0.717, 1.165) is 6.42 Å². The summed E-state index contributed by atoms with van der Waals surface area (Å²) >= 11 is 0. The van der Waals surface area contributed by atoms with Gasteiger partial charge in [-0.15, -0.1) is 0 Å². The number of hydrogen-bond acceptors (Lipinski definition) is 5. The maximum absolute atomic E-state index is 11.8. The highest BCUT2D eigenvalue weighted by Crippen LogP contribution is 2.24. The zero-order chi connectivity index (χ0) is 15.1. The van der Waals surface area contributed by atoms with E-state index in [4.69, 9.17) is 0 Å². The van der Waals surface area contributed by atoms with E-state index in [-0.39, 0.29) is 11.6 Å². The number of carbonyl (C=O) groups is 1. The molecule has 3 N–H and O–H groups in total. The molecule has 0 spiro atoms. The molecule has 110 valence electrons. The lowest BCUT2D eigenvalue weighted by molar-refractivity contribution is -0.384. The van der Waals surface area contributed by atoms with E-state index in [2.05, 4.69) is 16.0 Å². The molecule has 1 atom stereocenters. The molecule has 1 aromatic rings. The van der Waals surface area contributed by atoms with Crippen LogP contribution in [0.4, 0.5) is 17.1 Å². The molecule has 1 aromatic carbocycles. The lowest BCUT2D eigenvalue weighted by Gasteiger charge is -2.15. The van der Waals surface area contributed by atoms with Crippen molar-refractivity contribution in [2.24, 2.45) is 0 Å². The van der Waals surface area contributed by atoms with Crippen LogP contribution in [-0.2, 0) is 4.79 Å². The van der Waals surface area contributed by atoms with Gasteiger partial charge < -0.3 is 16.0 Å². The molecule has 0 aliphatic rings. The highest BCUT2D eigenvalue weighted by molar-refractivity contribution is 5.84. The normalized spacial score (nSPS) is 11.6. The van der Waals surface area contributed by atoms with Gasteiger partial charge in [0.15, 0.2) is 0 Å². The molecule has 1 amide bonds. The lowest BCUT2D eigenvalue weighted by Crippen LogP contribution is -2.37. The summed E-state index contributed by atoms with van der Waals surface area (Å²) in [5.41, 5.74) is 1.12. The predicted molar refractivity (Wildman–Crippen MR) is 79.0 cm³/mol. The molecule has 20 heavy (non-hydrogen) atoms. The van der Waals surface area contributed by atoms with Crippen LogP contribution in [0.25, 0.3) is 0 Å². The van der Waals surface area contributed by atoms with Gasteiger partial charge in [-0.05, 0) is 19.4 Å². The van der Waals surface area contributed by atoms with Crippen molar-refractivity contribution >= 4 is 23.0 Å². The van der Waals surface area contributed by atoms with Crippen molar-refractivity contribution in [1.29, 1.82) is 0 Å². The molecular formula is C13H20N4O3. The largest absolute Gasteiger partial charge is 0.388 e. The minimum absolute atomic E-state index is 0.0273. The third-order valence-electron chi connectivity index (χ3n) is 2.74. The van der Waals surface area contributed by atoms with Gasteiger partial charge in [0.05, 0.1) is 4.92 Å². The molecule has 7 heteroatoms. The fourth-order valence-electron chi connectivity index (χ4n) is 1.66. The Kier molecular flexibility index (Phi) is 5.76. The van der Waals surface area contributed by atoms with E-state index < -0.39 is 11.0 Å². The predicted octanol–water partition coefficient (Wildman–Crippen LogP) is 1.96. The zero-order valence-electron chi connectivity index (χ0n) is 11.9. The second kappa shape index (κ2) is 7.32. The average Bonchev–Trinajstić information content (AvgIpc) is 2.43. The first-order valence-corrected chi connectivity index (χ1v) is 6.49. The minimum atomic E-state index is -0.465. The number of benzene rings is 1. The summed E-state index contributed by atoms with van der Waals surface area (Å²) in [6.45, 7) is 4.29. The van der Waals surface area contributed by atoms with Crippen molar-refractivity contribution in [3.63, 3.8) is 0 Å². The number of amides is 1. The van der Waals surface area contributed by atoms with Gasteiger partial charge in [-0.3, -0.25) is 14.9 Å².